The first-order valence-corrected chi connectivity index (χ1v) is 8.04. The summed E-state index contributed by atoms with van der Waals surface area (Å²) in [6, 6.07) is 0.712. The summed E-state index contributed by atoms with van der Waals surface area (Å²) in [4.78, 5) is 5.12. The van der Waals surface area contributed by atoms with Gasteiger partial charge in [0.25, 0.3) is 0 Å². The molecule has 0 aromatic carbocycles. The maximum atomic E-state index is 6.05. The van der Waals surface area contributed by atoms with E-state index < -0.39 is 0 Å². The number of nitrogens with one attached hydrogen (secondary N) is 1. The molecule has 1 unspecified atom stereocenters. The third kappa shape index (κ3) is 5.03. The molecule has 2 aliphatic heterocycles. The van der Waals surface area contributed by atoms with Gasteiger partial charge in [0.1, 0.15) is 0 Å². The molecule has 1 atom stereocenters. The molecule has 0 bridgehead atoms. The first-order valence-electron chi connectivity index (χ1n) is 8.04. The van der Waals surface area contributed by atoms with Gasteiger partial charge in [0.2, 0.25) is 0 Å². The van der Waals surface area contributed by atoms with Crippen molar-refractivity contribution in [3.8, 4) is 0 Å². The van der Waals surface area contributed by atoms with Crippen LogP contribution in [0.15, 0.2) is 0 Å². The average Bonchev–Trinajstić information content (AvgIpc) is 2.61. The van der Waals surface area contributed by atoms with Gasteiger partial charge in [-0.1, -0.05) is 6.92 Å². The predicted octanol–water partition coefficient (Wildman–Crippen LogP) is 1.17. The van der Waals surface area contributed by atoms with Crippen LogP contribution in [0.3, 0.4) is 0 Å². The zero-order valence-corrected chi connectivity index (χ0v) is 12.7. The molecule has 1 N–H and O–H groups in total. The fourth-order valence-electron chi connectivity index (χ4n) is 3.27. The number of ether oxygens (including phenoxy) is 1. The Morgan fingerprint density at radius 3 is 2.74 bits per heavy atom. The van der Waals surface area contributed by atoms with Crippen molar-refractivity contribution in [1.29, 1.82) is 0 Å². The number of rotatable bonds is 5. The maximum absolute atomic E-state index is 6.05. The summed E-state index contributed by atoms with van der Waals surface area (Å²) < 4.78 is 6.05. The zero-order valence-electron chi connectivity index (χ0n) is 12.7. The Morgan fingerprint density at radius 1 is 1.21 bits per heavy atom. The van der Waals surface area contributed by atoms with Crippen molar-refractivity contribution >= 4 is 0 Å². The lowest BCUT2D eigenvalue weighted by atomic mass is 10.1. The van der Waals surface area contributed by atoms with Gasteiger partial charge in [0.05, 0.1) is 12.7 Å². The molecular formula is C15H31N3O. The summed E-state index contributed by atoms with van der Waals surface area (Å²) in [6.45, 7) is 10.3. The van der Waals surface area contributed by atoms with Crippen molar-refractivity contribution in [2.75, 3.05) is 52.9 Å². The number of piperidine rings is 1. The molecule has 0 aromatic heterocycles. The van der Waals surface area contributed by atoms with Gasteiger partial charge in [-0.15, -0.1) is 0 Å². The molecule has 0 amide bonds. The number of hydrogen-bond acceptors (Lipinski definition) is 4. The second-order valence-corrected chi connectivity index (χ2v) is 6.03. The van der Waals surface area contributed by atoms with Crippen molar-refractivity contribution in [2.24, 2.45) is 0 Å². The lowest BCUT2D eigenvalue weighted by Crippen LogP contribution is -2.42. The van der Waals surface area contributed by atoms with E-state index in [1.54, 1.807) is 0 Å². The Balaban J connectivity index is 1.70. The molecule has 2 heterocycles. The summed E-state index contributed by atoms with van der Waals surface area (Å²) >= 11 is 0. The van der Waals surface area contributed by atoms with Crippen molar-refractivity contribution in [2.45, 2.75) is 44.8 Å². The van der Waals surface area contributed by atoms with E-state index in [2.05, 4.69) is 29.1 Å². The van der Waals surface area contributed by atoms with Gasteiger partial charge >= 0.3 is 0 Å². The van der Waals surface area contributed by atoms with Gasteiger partial charge < -0.3 is 15.0 Å². The predicted molar refractivity (Wildman–Crippen MR) is 79.6 cm³/mol. The minimum absolute atomic E-state index is 0.496. The highest BCUT2D eigenvalue weighted by molar-refractivity contribution is 4.78. The average molecular weight is 269 g/mol. The van der Waals surface area contributed by atoms with E-state index in [1.807, 2.05) is 0 Å². The van der Waals surface area contributed by atoms with Crippen LogP contribution in [0, 0.1) is 0 Å². The van der Waals surface area contributed by atoms with Crippen LogP contribution in [-0.4, -0.2) is 74.9 Å². The van der Waals surface area contributed by atoms with Crippen LogP contribution in [0.5, 0.6) is 0 Å². The van der Waals surface area contributed by atoms with Gasteiger partial charge in [-0.25, -0.2) is 0 Å². The van der Waals surface area contributed by atoms with E-state index in [1.165, 1.54) is 45.3 Å². The van der Waals surface area contributed by atoms with Gasteiger partial charge in [-0.05, 0) is 58.9 Å². The standard InChI is InChI=1S/C15H31N3O/c1-3-14-13-17(2)9-4-10-18(14)11-12-19-15-5-7-16-8-6-15/h14-16H,3-13H2,1-2H3. The van der Waals surface area contributed by atoms with E-state index in [-0.39, 0.29) is 0 Å². The third-order valence-electron chi connectivity index (χ3n) is 4.51. The van der Waals surface area contributed by atoms with Crippen molar-refractivity contribution in [3.05, 3.63) is 0 Å². The van der Waals surface area contributed by atoms with Crippen LogP contribution < -0.4 is 5.32 Å². The molecule has 4 nitrogen and oxygen atoms in total. The van der Waals surface area contributed by atoms with Gasteiger partial charge in [0, 0.05) is 19.1 Å². The van der Waals surface area contributed by atoms with Gasteiger partial charge in [-0.3, -0.25) is 4.90 Å². The Labute approximate surface area is 118 Å². The van der Waals surface area contributed by atoms with Crippen LogP contribution in [0.4, 0.5) is 0 Å². The van der Waals surface area contributed by atoms with Gasteiger partial charge in [-0.2, -0.15) is 0 Å². The second kappa shape index (κ2) is 8.20. The quantitative estimate of drug-likeness (QED) is 0.811. The highest BCUT2D eigenvalue weighted by Gasteiger charge is 2.22. The van der Waals surface area contributed by atoms with E-state index in [4.69, 9.17) is 4.74 Å². The molecule has 4 heteroatoms. The molecule has 2 rings (SSSR count). The second-order valence-electron chi connectivity index (χ2n) is 6.03. The molecule has 2 aliphatic rings. The Morgan fingerprint density at radius 2 is 2.00 bits per heavy atom. The van der Waals surface area contributed by atoms with Crippen LogP contribution in [0.1, 0.15) is 32.6 Å². The highest BCUT2D eigenvalue weighted by atomic mass is 16.5. The molecule has 0 radical (unpaired) electrons. The number of nitrogens with zero attached hydrogens (tertiary/aromatic N) is 2. The highest BCUT2D eigenvalue weighted by Crippen LogP contribution is 2.12. The topological polar surface area (TPSA) is 27.7 Å². The normalized spacial score (nSPS) is 28.4. The van der Waals surface area contributed by atoms with E-state index in [0.717, 1.165) is 26.2 Å². The van der Waals surface area contributed by atoms with Crippen molar-refractivity contribution in [1.82, 2.24) is 15.1 Å². The largest absolute Gasteiger partial charge is 0.377 e. The number of hydrogen-bond donors (Lipinski definition) is 1. The minimum atomic E-state index is 0.496. The summed E-state index contributed by atoms with van der Waals surface area (Å²) in [5.74, 6) is 0. The van der Waals surface area contributed by atoms with E-state index in [0.29, 0.717) is 12.1 Å². The molecule has 0 aliphatic carbocycles. The smallest absolute Gasteiger partial charge is 0.0600 e. The Hall–Kier alpha value is -0.160. The molecule has 19 heavy (non-hydrogen) atoms. The fraction of sp³-hybridized carbons (Fsp3) is 1.00. The Bertz CT molecular complexity index is 244. The van der Waals surface area contributed by atoms with E-state index in [9.17, 15) is 0 Å². The molecule has 0 saturated carbocycles. The summed E-state index contributed by atoms with van der Waals surface area (Å²) in [7, 11) is 2.25. The first kappa shape index (κ1) is 15.2. The SMILES string of the molecule is CCC1CN(C)CCCN1CCOC1CCNCC1. The first-order chi connectivity index (χ1) is 9.29. The third-order valence-corrected chi connectivity index (χ3v) is 4.51. The lowest BCUT2D eigenvalue weighted by Gasteiger charge is -2.31. The summed E-state index contributed by atoms with van der Waals surface area (Å²) in [6.07, 6.45) is 5.40. The monoisotopic (exact) mass is 269 g/mol. The fourth-order valence-corrected chi connectivity index (χ4v) is 3.27. The molecule has 112 valence electrons. The van der Waals surface area contributed by atoms with Crippen LogP contribution in [-0.2, 0) is 4.74 Å². The van der Waals surface area contributed by atoms with Gasteiger partial charge in [0.15, 0.2) is 0 Å². The van der Waals surface area contributed by atoms with Crippen LogP contribution in [0.25, 0.3) is 0 Å². The number of likely N-dealkylation sites (N-methyl/N-ethyl adjacent to an activating group) is 1. The summed E-state index contributed by atoms with van der Waals surface area (Å²) in [5, 5.41) is 3.39. The Kier molecular flexibility index (Phi) is 6.57. The molecule has 2 fully saturated rings. The summed E-state index contributed by atoms with van der Waals surface area (Å²) in [5.41, 5.74) is 0. The van der Waals surface area contributed by atoms with Crippen molar-refractivity contribution < 1.29 is 4.74 Å². The molecule has 0 aromatic rings. The maximum Gasteiger partial charge on any atom is 0.0600 e. The van der Waals surface area contributed by atoms with Crippen LogP contribution >= 0.6 is 0 Å². The lowest BCUT2D eigenvalue weighted by molar-refractivity contribution is 0.0139. The molecular weight excluding hydrogens is 238 g/mol. The zero-order chi connectivity index (χ0) is 13.5. The van der Waals surface area contributed by atoms with E-state index >= 15 is 0 Å². The minimum Gasteiger partial charge on any atom is -0.377 e. The van der Waals surface area contributed by atoms with Crippen molar-refractivity contribution in [3.63, 3.8) is 0 Å². The molecule has 2 saturated heterocycles. The van der Waals surface area contributed by atoms with Crippen LogP contribution in [0.2, 0.25) is 0 Å². The molecule has 0 spiro atoms.